The minimum absolute atomic E-state index is 0.151. The van der Waals surface area contributed by atoms with Crippen LogP contribution in [0.15, 0.2) is 18.2 Å². The Morgan fingerprint density at radius 2 is 1.63 bits per heavy atom. The molecule has 0 unspecified atom stereocenters. The van der Waals surface area contributed by atoms with E-state index in [0.717, 1.165) is 5.69 Å². The van der Waals surface area contributed by atoms with E-state index in [2.05, 4.69) is 19.9 Å². The van der Waals surface area contributed by atoms with Crippen LogP contribution in [0.25, 0.3) is 22.6 Å². The summed E-state index contributed by atoms with van der Waals surface area (Å²) in [5.41, 5.74) is -2.36. The third kappa shape index (κ3) is 3.64. The second-order valence-corrected chi connectivity index (χ2v) is 6.14. The SMILES string of the molecule is CN(C)c1ccc(-c2nc3c(C(F)(F)F)nc(C(F)(F)F)nc3[nH]2)c(Cl)c1. The summed E-state index contributed by atoms with van der Waals surface area (Å²) in [7, 11) is 3.52. The van der Waals surface area contributed by atoms with Crippen LogP contribution in [0.4, 0.5) is 32.0 Å². The number of nitrogens with one attached hydrogen (secondary N) is 1. The number of rotatable bonds is 2. The normalized spacial score (nSPS) is 12.6. The van der Waals surface area contributed by atoms with Gasteiger partial charge in [0.25, 0.3) is 0 Å². The fourth-order valence-corrected chi connectivity index (χ4v) is 2.59. The van der Waals surface area contributed by atoms with Gasteiger partial charge in [0.1, 0.15) is 11.3 Å². The molecule has 0 spiro atoms. The van der Waals surface area contributed by atoms with Gasteiger partial charge in [-0.25, -0.2) is 15.0 Å². The fraction of sp³-hybridized carbons (Fsp3) is 0.267. The number of benzene rings is 1. The van der Waals surface area contributed by atoms with E-state index in [1.807, 2.05) is 0 Å². The molecule has 27 heavy (non-hydrogen) atoms. The highest BCUT2D eigenvalue weighted by Gasteiger charge is 2.42. The number of halogens is 7. The molecule has 0 fully saturated rings. The molecule has 0 atom stereocenters. The standard InChI is InChI=1S/C15H10ClF6N5/c1-27(2)6-3-4-7(8(16)5-6)11-23-9-10(14(17,18)19)24-13(15(20,21)22)26-12(9)25-11/h3-5H,1-2H3,(H,23,24,25,26). The summed E-state index contributed by atoms with van der Waals surface area (Å²) < 4.78 is 78.1. The zero-order valence-corrected chi connectivity index (χ0v) is 14.4. The van der Waals surface area contributed by atoms with E-state index in [1.54, 1.807) is 31.1 Å². The van der Waals surface area contributed by atoms with Crippen LogP contribution in [0.3, 0.4) is 0 Å². The van der Waals surface area contributed by atoms with E-state index >= 15 is 0 Å². The number of anilines is 1. The Balaban J connectivity index is 2.23. The van der Waals surface area contributed by atoms with Gasteiger partial charge in [-0.1, -0.05) is 11.6 Å². The molecular formula is C15H10ClF6N5. The number of nitrogens with zero attached hydrogens (tertiary/aromatic N) is 4. The lowest BCUT2D eigenvalue weighted by molar-refractivity contribution is -0.151. The highest BCUT2D eigenvalue weighted by atomic mass is 35.5. The molecule has 2 heterocycles. The van der Waals surface area contributed by atoms with Crippen LogP contribution in [-0.4, -0.2) is 34.0 Å². The van der Waals surface area contributed by atoms with E-state index in [1.165, 1.54) is 6.07 Å². The summed E-state index contributed by atoms with van der Waals surface area (Å²) in [6.07, 6.45) is -10.3. The van der Waals surface area contributed by atoms with E-state index in [0.29, 0.717) is 0 Å². The largest absolute Gasteiger partial charge is 0.451 e. The lowest BCUT2D eigenvalue weighted by Gasteiger charge is -2.13. The number of alkyl halides is 6. The number of aromatic amines is 1. The van der Waals surface area contributed by atoms with Gasteiger partial charge in [-0.3, -0.25) is 0 Å². The lowest BCUT2D eigenvalue weighted by Crippen LogP contribution is -2.17. The fourth-order valence-electron chi connectivity index (χ4n) is 2.33. The molecule has 0 aliphatic rings. The zero-order valence-electron chi connectivity index (χ0n) is 13.7. The third-order valence-corrected chi connectivity index (χ3v) is 3.90. The predicted molar refractivity (Wildman–Crippen MR) is 86.5 cm³/mol. The summed E-state index contributed by atoms with van der Waals surface area (Å²) >= 11 is 6.14. The maximum Gasteiger partial charge on any atom is 0.451 e. The van der Waals surface area contributed by atoms with Gasteiger partial charge >= 0.3 is 12.4 Å². The summed E-state index contributed by atoms with van der Waals surface area (Å²) in [6, 6.07) is 4.66. The van der Waals surface area contributed by atoms with Crippen molar-refractivity contribution in [2.75, 3.05) is 19.0 Å². The topological polar surface area (TPSA) is 57.7 Å². The molecule has 0 saturated carbocycles. The minimum atomic E-state index is -5.15. The van der Waals surface area contributed by atoms with Crippen molar-refractivity contribution in [2.24, 2.45) is 0 Å². The first kappa shape index (κ1) is 19.2. The second-order valence-electron chi connectivity index (χ2n) is 5.73. The Labute approximate surface area is 153 Å². The van der Waals surface area contributed by atoms with Crippen LogP contribution >= 0.6 is 11.6 Å². The molecule has 3 aromatic rings. The first-order valence-electron chi connectivity index (χ1n) is 7.27. The molecule has 5 nitrogen and oxygen atoms in total. The van der Waals surface area contributed by atoms with Gasteiger partial charge < -0.3 is 9.88 Å². The minimum Gasteiger partial charge on any atom is -0.378 e. The maximum absolute atomic E-state index is 13.2. The van der Waals surface area contributed by atoms with Gasteiger partial charge in [-0.15, -0.1) is 0 Å². The van der Waals surface area contributed by atoms with Gasteiger partial charge in [-0.05, 0) is 18.2 Å². The Hall–Kier alpha value is -2.56. The Morgan fingerprint density at radius 3 is 2.15 bits per heavy atom. The van der Waals surface area contributed by atoms with Crippen molar-refractivity contribution in [3.05, 3.63) is 34.7 Å². The van der Waals surface area contributed by atoms with Crippen LogP contribution in [-0.2, 0) is 12.4 Å². The summed E-state index contributed by atoms with van der Waals surface area (Å²) in [4.78, 5) is 13.6. The van der Waals surface area contributed by atoms with E-state index in [4.69, 9.17) is 11.6 Å². The quantitative estimate of drug-likeness (QED) is 0.619. The molecule has 144 valence electrons. The van der Waals surface area contributed by atoms with Gasteiger partial charge in [0, 0.05) is 25.3 Å². The molecule has 12 heteroatoms. The molecule has 0 bridgehead atoms. The first-order valence-corrected chi connectivity index (χ1v) is 7.65. The molecule has 0 aliphatic carbocycles. The van der Waals surface area contributed by atoms with E-state index in [9.17, 15) is 26.3 Å². The second kappa shape index (κ2) is 6.25. The molecule has 3 rings (SSSR count). The number of imidazole rings is 1. The molecule has 1 aromatic carbocycles. The molecule has 0 saturated heterocycles. The number of hydrogen-bond acceptors (Lipinski definition) is 4. The van der Waals surface area contributed by atoms with E-state index < -0.39 is 35.0 Å². The molecular weight excluding hydrogens is 400 g/mol. The van der Waals surface area contributed by atoms with Crippen molar-refractivity contribution >= 4 is 28.5 Å². The lowest BCUT2D eigenvalue weighted by atomic mass is 10.2. The Bertz CT molecular complexity index is 1010. The average Bonchev–Trinajstić information content (AvgIpc) is 2.95. The molecule has 0 amide bonds. The summed E-state index contributed by atoms with van der Waals surface area (Å²) in [5, 5.41) is 0.151. The van der Waals surface area contributed by atoms with Gasteiger partial charge in [0.15, 0.2) is 11.3 Å². The van der Waals surface area contributed by atoms with Crippen LogP contribution in [0.5, 0.6) is 0 Å². The predicted octanol–water partition coefficient (Wildman–Crippen LogP) is 4.78. The van der Waals surface area contributed by atoms with E-state index in [-0.39, 0.29) is 16.4 Å². The smallest absolute Gasteiger partial charge is 0.378 e. The van der Waals surface area contributed by atoms with Crippen LogP contribution in [0.1, 0.15) is 11.5 Å². The highest BCUT2D eigenvalue weighted by molar-refractivity contribution is 6.33. The van der Waals surface area contributed by atoms with Crippen molar-refractivity contribution < 1.29 is 26.3 Å². The van der Waals surface area contributed by atoms with Crippen molar-refractivity contribution in [1.29, 1.82) is 0 Å². The Kier molecular flexibility index (Phi) is 4.45. The highest BCUT2D eigenvalue weighted by Crippen LogP contribution is 2.37. The molecule has 2 aromatic heterocycles. The van der Waals surface area contributed by atoms with Crippen molar-refractivity contribution in [2.45, 2.75) is 12.4 Å². The Morgan fingerprint density at radius 1 is 0.963 bits per heavy atom. The number of aromatic nitrogens is 4. The van der Waals surface area contributed by atoms with Crippen LogP contribution < -0.4 is 4.90 Å². The van der Waals surface area contributed by atoms with Crippen LogP contribution in [0.2, 0.25) is 5.02 Å². The monoisotopic (exact) mass is 409 g/mol. The van der Waals surface area contributed by atoms with Gasteiger partial charge in [0.2, 0.25) is 5.82 Å². The van der Waals surface area contributed by atoms with Gasteiger partial charge in [0.05, 0.1) is 5.02 Å². The first-order chi connectivity index (χ1) is 12.4. The average molecular weight is 410 g/mol. The number of hydrogen-bond donors (Lipinski definition) is 1. The van der Waals surface area contributed by atoms with Crippen molar-refractivity contribution in [3.63, 3.8) is 0 Å². The summed E-state index contributed by atoms with van der Waals surface area (Å²) in [5.74, 6) is -2.06. The maximum atomic E-state index is 13.2. The number of fused-ring (bicyclic) bond motifs is 1. The van der Waals surface area contributed by atoms with Gasteiger partial charge in [-0.2, -0.15) is 26.3 Å². The van der Waals surface area contributed by atoms with Crippen molar-refractivity contribution in [3.8, 4) is 11.4 Å². The molecule has 0 radical (unpaired) electrons. The molecule has 0 aliphatic heterocycles. The third-order valence-electron chi connectivity index (χ3n) is 3.59. The summed E-state index contributed by atoms with van der Waals surface area (Å²) in [6.45, 7) is 0. The van der Waals surface area contributed by atoms with Crippen LogP contribution in [0, 0.1) is 0 Å². The van der Waals surface area contributed by atoms with Crippen molar-refractivity contribution in [1.82, 2.24) is 19.9 Å². The molecule has 1 N–H and O–H groups in total. The zero-order chi connectivity index (χ0) is 20.1. The number of H-pyrrole nitrogens is 1.